The number of aliphatic hydroxyl groups excluding tert-OH is 1. The summed E-state index contributed by atoms with van der Waals surface area (Å²) < 4.78 is 4.70. The summed E-state index contributed by atoms with van der Waals surface area (Å²) in [5, 5.41) is 21.3. The first-order valence-electron chi connectivity index (χ1n) is 6.37. The van der Waals surface area contributed by atoms with Crippen molar-refractivity contribution in [2.24, 2.45) is 5.92 Å². The molecule has 0 aromatic heterocycles. The standard InChI is InChI=1S/C12H21NO5/c1-4-8(3)6-7-9-11(14)10(13(16)18-9)12(15)17-5-2/h8-9,11,14H,4-7H2,1-3H3/t8-,9-,11+/m0/s1. The lowest BCUT2D eigenvalue weighted by Crippen LogP contribution is -2.35. The molecule has 1 rings (SSSR count). The SMILES string of the molecule is CCOC(=O)C1=[N+]([O-])O[C@@H](CC[C@@H](C)CC)[C@H]1O. The number of hydrogen-bond donors (Lipinski definition) is 1. The van der Waals surface area contributed by atoms with E-state index in [1.54, 1.807) is 6.92 Å². The van der Waals surface area contributed by atoms with E-state index in [-0.39, 0.29) is 17.2 Å². The van der Waals surface area contributed by atoms with Gasteiger partial charge >= 0.3 is 11.7 Å². The van der Waals surface area contributed by atoms with E-state index >= 15 is 0 Å². The molecular weight excluding hydrogens is 238 g/mol. The predicted octanol–water partition coefficient (Wildman–Crippen LogP) is 1.00. The molecule has 1 heterocycles. The Morgan fingerprint density at radius 2 is 2.28 bits per heavy atom. The maximum absolute atomic E-state index is 11.5. The second-order valence-corrected chi connectivity index (χ2v) is 4.54. The van der Waals surface area contributed by atoms with Gasteiger partial charge in [0.25, 0.3) is 0 Å². The van der Waals surface area contributed by atoms with Crippen LogP contribution in [0.1, 0.15) is 40.0 Å². The van der Waals surface area contributed by atoms with Crippen LogP contribution in [0, 0.1) is 11.1 Å². The Hall–Kier alpha value is -1.30. The number of esters is 1. The summed E-state index contributed by atoms with van der Waals surface area (Å²) >= 11 is 0. The van der Waals surface area contributed by atoms with Crippen LogP contribution in [0.4, 0.5) is 0 Å². The average Bonchev–Trinajstić information content (AvgIpc) is 2.61. The molecule has 0 fully saturated rings. The molecule has 0 aliphatic carbocycles. The molecule has 1 aliphatic rings. The zero-order chi connectivity index (χ0) is 13.7. The minimum Gasteiger partial charge on any atom is -0.458 e. The van der Waals surface area contributed by atoms with Crippen LogP contribution in [-0.4, -0.2) is 40.5 Å². The number of ether oxygens (including phenoxy) is 1. The van der Waals surface area contributed by atoms with Crippen molar-refractivity contribution in [3.05, 3.63) is 5.21 Å². The summed E-state index contributed by atoms with van der Waals surface area (Å²) in [6.45, 7) is 5.95. The molecule has 18 heavy (non-hydrogen) atoms. The van der Waals surface area contributed by atoms with Crippen molar-refractivity contribution in [3.63, 3.8) is 0 Å². The number of hydrogen-bond acceptors (Lipinski definition) is 5. The molecule has 6 nitrogen and oxygen atoms in total. The molecule has 0 radical (unpaired) electrons. The van der Waals surface area contributed by atoms with Crippen molar-refractivity contribution >= 4 is 11.7 Å². The normalized spacial score (nSPS) is 24.9. The number of nitrogens with zero attached hydrogens (tertiary/aromatic N) is 1. The molecule has 6 heteroatoms. The molecule has 0 bridgehead atoms. The maximum Gasteiger partial charge on any atom is 0.408 e. The van der Waals surface area contributed by atoms with Gasteiger partial charge in [0, 0.05) is 0 Å². The number of aliphatic hydroxyl groups is 1. The fourth-order valence-corrected chi connectivity index (χ4v) is 1.79. The Bertz CT molecular complexity index is 328. The topological polar surface area (TPSA) is 81.8 Å². The van der Waals surface area contributed by atoms with Crippen molar-refractivity contribution in [2.45, 2.75) is 52.2 Å². The summed E-state index contributed by atoms with van der Waals surface area (Å²) in [6, 6.07) is 0. The first kappa shape index (κ1) is 14.8. The molecule has 1 N–H and O–H groups in total. The van der Waals surface area contributed by atoms with Gasteiger partial charge in [0.1, 0.15) is 6.10 Å². The van der Waals surface area contributed by atoms with Crippen LogP contribution >= 0.6 is 0 Å². The first-order chi connectivity index (χ1) is 8.51. The third-order valence-electron chi connectivity index (χ3n) is 3.19. The van der Waals surface area contributed by atoms with Gasteiger partial charge in [-0.3, -0.25) is 5.21 Å². The van der Waals surface area contributed by atoms with Gasteiger partial charge in [-0.15, -0.1) is 0 Å². The lowest BCUT2D eigenvalue weighted by Gasteiger charge is -2.16. The van der Waals surface area contributed by atoms with Gasteiger partial charge in [0.2, 0.25) is 0 Å². The largest absolute Gasteiger partial charge is 0.458 e. The Morgan fingerprint density at radius 1 is 1.61 bits per heavy atom. The van der Waals surface area contributed by atoms with E-state index in [1.165, 1.54) is 0 Å². The van der Waals surface area contributed by atoms with Crippen LogP contribution in [0.25, 0.3) is 0 Å². The lowest BCUT2D eigenvalue weighted by molar-refractivity contribution is -0.740. The highest BCUT2D eigenvalue weighted by atomic mass is 16.9. The zero-order valence-electron chi connectivity index (χ0n) is 11.1. The van der Waals surface area contributed by atoms with Gasteiger partial charge in [-0.05, 0) is 25.7 Å². The highest BCUT2D eigenvalue weighted by Crippen LogP contribution is 2.20. The van der Waals surface area contributed by atoms with E-state index in [0.29, 0.717) is 12.3 Å². The summed E-state index contributed by atoms with van der Waals surface area (Å²) in [4.78, 5) is 16.5. The Morgan fingerprint density at radius 3 is 2.83 bits per heavy atom. The molecular formula is C12H21NO5. The van der Waals surface area contributed by atoms with E-state index in [9.17, 15) is 15.1 Å². The molecule has 0 saturated carbocycles. The van der Waals surface area contributed by atoms with Crippen molar-refractivity contribution in [1.29, 1.82) is 0 Å². The molecule has 0 amide bonds. The molecule has 0 spiro atoms. The van der Waals surface area contributed by atoms with Crippen molar-refractivity contribution in [3.8, 4) is 0 Å². The minimum absolute atomic E-state index is 0.0872. The van der Waals surface area contributed by atoms with Crippen LogP contribution in [0.2, 0.25) is 0 Å². The second-order valence-electron chi connectivity index (χ2n) is 4.54. The van der Waals surface area contributed by atoms with Crippen LogP contribution in [0.15, 0.2) is 0 Å². The maximum atomic E-state index is 11.5. The van der Waals surface area contributed by atoms with Gasteiger partial charge in [-0.1, -0.05) is 20.3 Å². The quantitative estimate of drug-likeness (QED) is 0.568. The fraction of sp³-hybridized carbons (Fsp3) is 0.833. The van der Waals surface area contributed by atoms with E-state index in [2.05, 4.69) is 13.8 Å². The van der Waals surface area contributed by atoms with E-state index in [1.807, 2.05) is 0 Å². The summed E-state index contributed by atoms with van der Waals surface area (Å²) in [7, 11) is 0. The first-order valence-corrected chi connectivity index (χ1v) is 6.37. The number of carbonyl (C=O) groups excluding carboxylic acids is 1. The Balaban J connectivity index is 2.58. The van der Waals surface area contributed by atoms with Crippen molar-refractivity contribution in [1.82, 2.24) is 0 Å². The molecule has 0 aromatic carbocycles. The van der Waals surface area contributed by atoms with Crippen molar-refractivity contribution < 1.29 is 24.4 Å². The number of carbonyl (C=O) groups is 1. The molecule has 1 aliphatic heterocycles. The second kappa shape index (κ2) is 6.58. The third-order valence-corrected chi connectivity index (χ3v) is 3.19. The molecule has 0 aromatic rings. The van der Waals surface area contributed by atoms with Gasteiger partial charge in [0.15, 0.2) is 6.10 Å². The Kier molecular flexibility index (Phi) is 5.40. The van der Waals surface area contributed by atoms with E-state index in [0.717, 1.165) is 12.8 Å². The van der Waals surface area contributed by atoms with Crippen LogP contribution < -0.4 is 0 Å². The summed E-state index contributed by atoms with van der Waals surface area (Å²) in [6.07, 6.45) is 0.541. The molecule has 3 atom stereocenters. The van der Waals surface area contributed by atoms with Crippen LogP contribution in [0.5, 0.6) is 0 Å². The van der Waals surface area contributed by atoms with E-state index in [4.69, 9.17) is 9.57 Å². The molecule has 104 valence electrons. The van der Waals surface area contributed by atoms with Gasteiger partial charge in [0.05, 0.1) is 11.5 Å². The zero-order valence-corrected chi connectivity index (χ0v) is 11.1. The highest BCUT2D eigenvalue weighted by Gasteiger charge is 2.44. The lowest BCUT2D eigenvalue weighted by atomic mass is 9.97. The van der Waals surface area contributed by atoms with E-state index < -0.39 is 18.2 Å². The van der Waals surface area contributed by atoms with Gasteiger partial charge in [-0.2, -0.15) is 0 Å². The van der Waals surface area contributed by atoms with Crippen LogP contribution in [-0.2, 0) is 14.4 Å². The van der Waals surface area contributed by atoms with Crippen molar-refractivity contribution in [2.75, 3.05) is 6.61 Å². The Labute approximate surface area is 107 Å². The fourth-order valence-electron chi connectivity index (χ4n) is 1.79. The molecule has 0 unspecified atom stereocenters. The summed E-state index contributed by atoms with van der Waals surface area (Å²) in [5.74, 6) is -0.321. The monoisotopic (exact) mass is 259 g/mol. The van der Waals surface area contributed by atoms with Gasteiger partial charge in [-0.25, -0.2) is 4.79 Å². The predicted molar refractivity (Wildman–Crippen MR) is 64.8 cm³/mol. The minimum atomic E-state index is -1.20. The van der Waals surface area contributed by atoms with Gasteiger partial charge < -0.3 is 14.7 Å². The van der Waals surface area contributed by atoms with Crippen LogP contribution in [0.3, 0.4) is 0 Å². The summed E-state index contributed by atoms with van der Waals surface area (Å²) in [5.41, 5.74) is -0.356. The molecule has 0 saturated heterocycles. The smallest absolute Gasteiger partial charge is 0.408 e. The third kappa shape index (κ3) is 3.35. The highest BCUT2D eigenvalue weighted by molar-refractivity contribution is 6.36. The average molecular weight is 259 g/mol. The number of rotatable bonds is 6.